The van der Waals surface area contributed by atoms with Gasteiger partial charge in [-0.25, -0.2) is 9.67 Å². The van der Waals surface area contributed by atoms with Crippen molar-refractivity contribution in [2.45, 2.75) is 5.88 Å². The van der Waals surface area contributed by atoms with Gasteiger partial charge in [0.1, 0.15) is 0 Å². The van der Waals surface area contributed by atoms with E-state index in [-0.39, 0.29) is 0 Å². The molecule has 0 N–H and O–H groups in total. The third kappa shape index (κ3) is 1.74. The van der Waals surface area contributed by atoms with E-state index in [4.69, 9.17) is 23.2 Å². The molecule has 2 rings (SSSR count). The number of hydrogen-bond donors (Lipinski definition) is 0. The molecule has 72 valence electrons. The molecule has 0 unspecified atom stereocenters. The number of rotatable bonds is 2. The molecule has 2 aromatic rings. The lowest BCUT2D eigenvalue weighted by Crippen LogP contribution is -1.99. The van der Waals surface area contributed by atoms with E-state index in [1.807, 2.05) is 6.07 Å². The Hall–Kier alpha value is -1.06. The average molecular weight is 228 g/mol. The van der Waals surface area contributed by atoms with Crippen molar-refractivity contribution in [3.8, 4) is 5.82 Å². The van der Waals surface area contributed by atoms with Crippen LogP contribution in [0.2, 0.25) is 5.02 Å². The first-order valence-corrected chi connectivity index (χ1v) is 4.94. The van der Waals surface area contributed by atoms with Gasteiger partial charge >= 0.3 is 0 Å². The van der Waals surface area contributed by atoms with Crippen LogP contribution in [0.1, 0.15) is 5.69 Å². The Morgan fingerprint density at radius 2 is 2.21 bits per heavy atom. The third-order valence-corrected chi connectivity index (χ3v) is 2.31. The normalized spacial score (nSPS) is 10.4. The van der Waals surface area contributed by atoms with Crippen LogP contribution >= 0.6 is 23.2 Å². The lowest BCUT2D eigenvalue weighted by Gasteiger charge is -2.01. The van der Waals surface area contributed by atoms with Gasteiger partial charge < -0.3 is 0 Å². The molecule has 0 aromatic carbocycles. The molecule has 0 saturated heterocycles. The maximum Gasteiger partial charge on any atom is 0.172 e. The van der Waals surface area contributed by atoms with Crippen LogP contribution in [0.4, 0.5) is 0 Å². The van der Waals surface area contributed by atoms with Crippen molar-refractivity contribution in [3.63, 3.8) is 0 Å². The molecule has 14 heavy (non-hydrogen) atoms. The Bertz CT molecular complexity index is 439. The molecule has 0 aliphatic rings. The molecule has 2 aromatic heterocycles. The maximum atomic E-state index is 5.95. The summed E-state index contributed by atoms with van der Waals surface area (Å²) in [4.78, 5) is 4.12. The number of hydrogen-bond acceptors (Lipinski definition) is 2. The highest BCUT2D eigenvalue weighted by Crippen LogP contribution is 2.16. The fraction of sp³-hybridized carbons (Fsp3) is 0.111. The molecule has 0 aliphatic heterocycles. The zero-order chi connectivity index (χ0) is 9.97. The van der Waals surface area contributed by atoms with Gasteiger partial charge in [-0.1, -0.05) is 11.6 Å². The van der Waals surface area contributed by atoms with E-state index in [1.54, 1.807) is 29.2 Å². The summed E-state index contributed by atoms with van der Waals surface area (Å²) in [6.07, 6.45) is 3.45. The van der Waals surface area contributed by atoms with Crippen molar-refractivity contribution in [3.05, 3.63) is 41.3 Å². The molecule has 0 aliphatic carbocycles. The first-order valence-electron chi connectivity index (χ1n) is 4.02. The molecule has 0 bridgehead atoms. The minimum Gasteiger partial charge on any atom is -0.236 e. The largest absolute Gasteiger partial charge is 0.236 e. The van der Waals surface area contributed by atoms with Crippen molar-refractivity contribution >= 4 is 23.2 Å². The van der Waals surface area contributed by atoms with E-state index in [0.29, 0.717) is 16.7 Å². The third-order valence-electron chi connectivity index (χ3n) is 1.74. The van der Waals surface area contributed by atoms with Crippen molar-refractivity contribution in [2.75, 3.05) is 0 Å². The number of aromatic nitrogens is 3. The quantitative estimate of drug-likeness (QED) is 0.739. The second-order valence-corrected chi connectivity index (χ2v) is 3.37. The van der Waals surface area contributed by atoms with E-state index in [2.05, 4.69) is 10.1 Å². The minimum absolute atomic E-state index is 0.386. The van der Waals surface area contributed by atoms with E-state index in [1.165, 1.54) is 0 Å². The fourth-order valence-electron chi connectivity index (χ4n) is 1.10. The summed E-state index contributed by atoms with van der Waals surface area (Å²) in [7, 11) is 0. The van der Waals surface area contributed by atoms with Crippen LogP contribution in [0.5, 0.6) is 0 Å². The molecule has 0 fully saturated rings. The van der Waals surface area contributed by atoms with Crippen LogP contribution in [-0.4, -0.2) is 14.8 Å². The van der Waals surface area contributed by atoms with Crippen LogP contribution in [0.3, 0.4) is 0 Å². The molecule has 5 heteroatoms. The summed E-state index contributed by atoms with van der Waals surface area (Å²) < 4.78 is 1.61. The van der Waals surface area contributed by atoms with Crippen molar-refractivity contribution in [2.24, 2.45) is 0 Å². The second kappa shape index (κ2) is 3.98. The van der Waals surface area contributed by atoms with Gasteiger partial charge in [0.15, 0.2) is 5.82 Å². The summed E-state index contributed by atoms with van der Waals surface area (Å²) in [6, 6.07) is 5.38. The average Bonchev–Trinajstić information content (AvgIpc) is 2.67. The standard InChI is InChI=1S/C9H7Cl2N3/c10-6-7-3-5-14(13-7)9-8(11)2-1-4-12-9/h1-5H,6H2. The van der Waals surface area contributed by atoms with Crippen LogP contribution < -0.4 is 0 Å². The SMILES string of the molecule is ClCc1ccn(-c2ncccc2Cl)n1. The first kappa shape index (κ1) is 9.49. The molecule has 0 saturated carbocycles. The molecule has 0 amide bonds. The molecular formula is C9H7Cl2N3. The molecule has 0 atom stereocenters. The molecular weight excluding hydrogens is 221 g/mol. The Morgan fingerprint density at radius 3 is 2.86 bits per heavy atom. The van der Waals surface area contributed by atoms with Gasteiger partial charge in [-0.3, -0.25) is 0 Å². The monoisotopic (exact) mass is 227 g/mol. The van der Waals surface area contributed by atoms with E-state index < -0.39 is 0 Å². The van der Waals surface area contributed by atoms with Crippen molar-refractivity contribution in [1.82, 2.24) is 14.8 Å². The van der Waals surface area contributed by atoms with E-state index in [0.717, 1.165) is 5.69 Å². The van der Waals surface area contributed by atoms with Gasteiger partial charge in [0, 0.05) is 12.4 Å². The molecule has 3 nitrogen and oxygen atoms in total. The van der Waals surface area contributed by atoms with Crippen molar-refractivity contribution in [1.29, 1.82) is 0 Å². The zero-order valence-corrected chi connectivity index (χ0v) is 8.70. The van der Waals surface area contributed by atoms with Gasteiger partial charge in [0.05, 0.1) is 16.6 Å². The highest BCUT2D eigenvalue weighted by Gasteiger charge is 2.04. The van der Waals surface area contributed by atoms with E-state index in [9.17, 15) is 0 Å². The highest BCUT2D eigenvalue weighted by molar-refractivity contribution is 6.32. The summed E-state index contributed by atoms with van der Waals surface area (Å²) in [6.45, 7) is 0. The summed E-state index contributed by atoms with van der Waals surface area (Å²) in [5.41, 5.74) is 0.799. The van der Waals surface area contributed by atoms with Crippen LogP contribution in [-0.2, 0) is 5.88 Å². The summed E-state index contributed by atoms with van der Waals surface area (Å²) in [5, 5.41) is 4.76. The second-order valence-electron chi connectivity index (χ2n) is 2.69. The van der Waals surface area contributed by atoms with Crippen LogP contribution in [0.15, 0.2) is 30.6 Å². The lowest BCUT2D eigenvalue weighted by atomic mass is 10.4. The smallest absolute Gasteiger partial charge is 0.172 e. The maximum absolute atomic E-state index is 5.95. The Kier molecular flexibility index (Phi) is 2.70. The Morgan fingerprint density at radius 1 is 1.36 bits per heavy atom. The predicted octanol–water partition coefficient (Wildman–Crippen LogP) is 2.66. The predicted molar refractivity (Wildman–Crippen MR) is 55.9 cm³/mol. The zero-order valence-electron chi connectivity index (χ0n) is 7.19. The number of nitrogens with zero attached hydrogens (tertiary/aromatic N) is 3. The molecule has 0 spiro atoms. The fourth-order valence-corrected chi connectivity index (χ4v) is 1.45. The Labute approximate surface area is 91.3 Å². The van der Waals surface area contributed by atoms with Crippen LogP contribution in [0.25, 0.3) is 5.82 Å². The Balaban J connectivity index is 2.44. The topological polar surface area (TPSA) is 30.7 Å². The summed E-state index contributed by atoms with van der Waals surface area (Å²) >= 11 is 11.6. The minimum atomic E-state index is 0.386. The summed E-state index contributed by atoms with van der Waals surface area (Å²) in [5.74, 6) is 1.00. The van der Waals surface area contributed by atoms with Crippen molar-refractivity contribution < 1.29 is 0 Å². The highest BCUT2D eigenvalue weighted by atomic mass is 35.5. The number of alkyl halides is 1. The van der Waals surface area contributed by atoms with Gasteiger partial charge in [0.25, 0.3) is 0 Å². The van der Waals surface area contributed by atoms with Gasteiger partial charge in [0.2, 0.25) is 0 Å². The van der Waals surface area contributed by atoms with E-state index >= 15 is 0 Å². The first-order chi connectivity index (χ1) is 6.81. The van der Waals surface area contributed by atoms with Gasteiger partial charge in [-0.05, 0) is 18.2 Å². The van der Waals surface area contributed by atoms with Gasteiger partial charge in [-0.15, -0.1) is 11.6 Å². The van der Waals surface area contributed by atoms with Gasteiger partial charge in [-0.2, -0.15) is 5.10 Å². The molecule has 0 radical (unpaired) electrons. The lowest BCUT2D eigenvalue weighted by molar-refractivity contribution is 0.829. The van der Waals surface area contributed by atoms with Crippen LogP contribution in [0, 0.1) is 0 Å². The number of halogens is 2. The molecule has 2 heterocycles. The number of pyridine rings is 1.